The molecule has 12 heavy (non-hydrogen) atoms. The van der Waals surface area contributed by atoms with Gasteiger partial charge in [-0.05, 0) is 12.3 Å². The SMILES string of the molecule is CC(C)C[C@H](NC(=S)S)C(=O)O. The number of rotatable bonds is 4. The van der Waals surface area contributed by atoms with Crippen LogP contribution in [0.25, 0.3) is 0 Å². The molecule has 0 rings (SSSR count). The highest BCUT2D eigenvalue weighted by Crippen LogP contribution is 2.05. The number of carboxylic acids is 1. The van der Waals surface area contributed by atoms with E-state index < -0.39 is 12.0 Å². The maximum absolute atomic E-state index is 10.6. The van der Waals surface area contributed by atoms with Crippen molar-refractivity contribution in [2.24, 2.45) is 5.92 Å². The molecular weight excluding hydrogens is 194 g/mol. The summed E-state index contributed by atoms with van der Waals surface area (Å²) in [5.74, 6) is -0.568. The summed E-state index contributed by atoms with van der Waals surface area (Å²) in [5, 5.41) is 11.3. The average Bonchev–Trinajstić information content (AvgIpc) is 1.83. The van der Waals surface area contributed by atoms with Gasteiger partial charge in [-0.15, -0.1) is 12.6 Å². The number of thiol groups is 1. The fraction of sp³-hybridized carbons (Fsp3) is 0.714. The Morgan fingerprint density at radius 3 is 2.42 bits per heavy atom. The van der Waals surface area contributed by atoms with E-state index in [1.807, 2.05) is 13.8 Å². The summed E-state index contributed by atoms with van der Waals surface area (Å²) in [6.07, 6.45) is 0.552. The second-order valence-corrected chi connectivity index (χ2v) is 4.13. The number of carbonyl (C=O) groups is 1. The molecule has 0 aromatic heterocycles. The van der Waals surface area contributed by atoms with E-state index in [-0.39, 0.29) is 4.32 Å². The van der Waals surface area contributed by atoms with Crippen LogP contribution in [0.5, 0.6) is 0 Å². The molecule has 0 aromatic rings. The minimum absolute atomic E-state index is 0.225. The molecule has 0 bridgehead atoms. The fourth-order valence-electron chi connectivity index (χ4n) is 0.842. The van der Waals surface area contributed by atoms with Crippen LogP contribution < -0.4 is 5.32 Å². The topological polar surface area (TPSA) is 49.3 Å². The smallest absolute Gasteiger partial charge is 0.326 e. The lowest BCUT2D eigenvalue weighted by molar-refractivity contribution is -0.139. The van der Waals surface area contributed by atoms with Crippen molar-refractivity contribution in [3.8, 4) is 0 Å². The van der Waals surface area contributed by atoms with Gasteiger partial charge in [-0.3, -0.25) is 0 Å². The quantitative estimate of drug-likeness (QED) is 0.480. The fourth-order valence-corrected chi connectivity index (χ4v) is 1.14. The summed E-state index contributed by atoms with van der Waals surface area (Å²) in [4.78, 5) is 10.6. The van der Waals surface area contributed by atoms with Gasteiger partial charge in [0, 0.05) is 0 Å². The highest BCUT2D eigenvalue weighted by molar-refractivity contribution is 8.11. The molecular formula is C7H13NO2S2. The standard InChI is InChI=1S/C7H13NO2S2/c1-4(2)3-5(6(9)10)8-7(11)12/h4-5H,3H2,1-2H3,(H,9,10)(H2,8,11,12)/t5-/m0/s1. The van der Waals surface area contributed by atoms with Gasteiger partial charge in [0.05, 0.1) is 0 Å². The van der Waals surface area contributed by atoms with Gasteiger partial charge >= 0.3 is 5.97 Å². The number of nitrogens with one attached hydrogen (secondary N) is 1. The maximum Gasteiger partial charge on any atom is 0.326 e. The molecule has 1 atom stereocenters. The second-order valence-electron chi connectivity index (χ2n) is 2.97. The Hall–Kier alpha value is -0.290. The van der Waals surface area contributed by atoms with E-state index in [0.29, 0.717) is 12.3 Å². The first kappa shape index (κ1) is 11.7. The van der Waals surface area contributed by atoms with Crippen LogP contribution in [0, 0.1) is 5.92 Å². The Balaban J connectivity index is 4.04. The molecule has 0 amide bonds. The Kier molecular flexibility index (Phi) is 5.24. The lowest BCUT2D eigenvalue weighted by atomic mass is 10.0. The molecule has 0 aliphatic heterocycles. The molecule has 0 aliphatic carbocycles. The summed E-state index contributed by atoms with van der Waals surface area (Å²) in [6, 6.07) is -0.616. The van der Waals surface area contributed by atoms with Crippen molar-refractivity contribution < 1.29 is 9.90 Å². The van der Waals surface area contributed by atoms with Gasteiger partial charge < -0.3 is 10.4 Å². The van der Waals surface area contributed by atoms with Gasteiger partial charge in [-0.2, -0.15) is 0 Å². The number of hydrogen-bond acceptors (Lipinski definition) is 2. The lowest BCUT2D eigenvalue weighted by Crippen LogP contribution is -2.39. The van der Waals surface area contributed by atoms with E-state index in [9.17, 15) is 4.79 Å². The van der Waals surface area contributed by atoms with Crippen LogP contribution in [0.2, 0.25) is 0 Å². The predicted molar refractivity (Wildman–Crippen MR) is 55.6 cm³/mol. The predicted octanol–water partition coefficient (Wildman–Crippen LogP) is 1.29. The number of aliphatic carboxylic acids is 1. The molecule has 0 saturated heterocycles. The molecule has 0 heterocycles. The molecule has 0 unspecified atom stereocenters. The zero-order valence-electron chi connectivity index (χ0n) is 7.07. The first-order valence-electron chi connectivity index (χ1n) is 3.65. The van der Waals surface area contributed by atoms with Gasteiger partial charge in [0.25, 0.3) is 0 Å². The highest BCUT2D eigenvalue weighted by atomic mass is 32.1. The maximum atomic E-state index is 10.6. The molecule has 0 saturated carbocycles. The summed E-state index contributed by atoms with van der Waals surface area (Å²) < 4.78 is 0.225. The third kappa shape index (κ3) is 5.37. The number of hydrogen-bond donors (Lipinski definition) is 3. The van der Waals surface area contributed by atoms with Crippen molar-refractivity contribution in [1.82, 2.24) is 5.32 Å². The van der Waals surface area contributed by atoms with E-state index in [1.165, 1.54) is 0 Å². The minimum Gasteiger partial charge on any atom is -0.480 e. The van der Waals surface area contributed by atoms with Gasteiger partial charge in [0.15, 0.2) is 0 Å². The monoisotopic (exact) mass is 207 g/mol. The van der Waals surface area contributed by atoms with Crippen LogP contribution in [0.3, 0.4) is 0 Å². The van der Waals surface area contributed by atoms with Gasteiger partial charge in [0.1, 0.15) is 10.4 Å². The second kappa shape index (κ2) is 5.37. The van der Waals surface area contributed by atoms with E-state index in [4.69, 9.17) is 5.11 Å². The van der Waals surface area contributed by atoms with E-state index in [0.717, 1.165) is 0 Å². The van der Waals surface area contributed by atoms with Gasteiger partial charge in [0.2, 0.25) is 0 Å². The third-order valence-electron chi connectivity index (χ3n) is 1.30. The Morgan fingerprint density at radius 2 is 2.17 bits per heavy atom. The van der Waals surface area contributed by atoms with Crippen LogP contribution in [0.15, 0.2) is 0 Å². The van der Waals surface area contributed by atoms with Gasteiger partial charge in [-0.25, -0.2) is 4.79 Å². The Bertz CT molecular complexity index is 182. The summed E-state index contributed by atoms with van der Waals surface area (Å²) in [7, 11) is 0. The van der Waals surface area contributed by atoms with Crippen LogP contribution in [0.1, 0.15) is 20.3 Å². The number of thiocarbonyl (C=S) groups is 1. The lowest BCUT2D eigenvalue weighted by Gasteiger charge is -2.15. The molecule has 0 aromatic carbocycles. The van der Waals surface area contributed by atoms with Crippen LogP contribution >= 0.6 is 24.8 Å². The van der Waals surface area contributed by atoms with Crippen molar-refractivity contribution >= 4 is 35.1 Å². The van der Waals surface area contributed by atoms with Crippen LogP contribution in [-0.4, -0.2) is 21.4 Å². The minimum atomic E-state index is -0.889. The normalized spacial score (nSPS) is 12.7. The molecule has 0 spiro atoms. The van der Waals surface area contributed by atoms with Crippen molar-refractivity contribution in [3.05, 3.63) is 0 Å². The summed E-state index contributed by atoms with van der Waals surface area (Å²) in [5.41, 5.74) is 0. The van der Waals surface area contributed by atoms with E-state index in [2.05, 4.69) is 30.2 Å². The van der Waals surface area contributed by atoms with Crippen LogP contribution in [-0.2, 0) is 4.79 Å². The Morgan fingerprint density at radius 1 is 1.67 bits per heavy atom. The van der Waals surface area contributed by atoms with E-state index >= 15 is 0 Å². The largest absolute Gasteiger partial charge is 0.480 e. The zero-order valence-corrected chi connectivity index (χ0v) is 8.78. The van der Waals surface area contributed by atoms with E-state index in [1.54, 1.807) is 0 Å². The average molecular weight is 207 g/mol. The number of carboxylic acid groups (broad SMARTS) is 1. The van der Waals surface area contributed by atoms with Crippen molar-refractivity contribution in [2.45, 2.75) is 26.3 Å². The van der Waals surface area contributed by atoms with Crippen molar-refractivity contribution in [3.63, 3.8) is 0 Å². The molecule has 5 heteroatoms. The van der Waals surface area contributed by atoms with Crippen molar-refractivity contribution in [2.75, 3.05) is 0 Å². The highest BCUT2D eigenvalue weighted by Gasteiger charge is 2.18. The molecule has 0 radical (unpaired) electrons. The Labute approximate surface area is 82.9 Å². The zero-order chi connectivity index (χ0) is 9.72. The first-order valence-corrected chi connectivity index (χ1v) is 4.51. The molecule has 2 N–H and O–H groups in total. The van der Waals surface area contributed by atoms with Crippen LogP contribution in [0.4, 0.5) is 0 Å². The molecule has 3 nitrogen and oxygen atoms in total. The molecule has 0 aliphatic rings. The van der Waals surface area contributed by atoms with Crippen molar-refractivity contribution in [1.29, 1.82) is 0 Å². The van der Waals surface area contributed by atoms with Gasteiger partial charge in [-0.1, -0.05) is 26.1 Å². The summed E-state index contributed by atoms with van der Waals surface area (Å²) in [6.45, 7) is 3.92. The molecule has 70 valence electrons. The first-order chi connectivity index (χ1) is 5.43. The molecule has 0 fully saturated rings. The summed E-state index contributed by atoms with van der Waals surface area (Å²) >= 11 is 8.45. The third-order valence-corrected chi connectivity index (χ3v) is 1.55.